The molecule has 10 aromatic rings. The van der Waals surface area contributed by atoms with Crippen LogP contribution in [0.3, 0.4) is 0 Å². The second kappa shape index (κ2) is 15.2. The zero-order chi connectivity index (χ0) is 43.7. The number of hydrogen-bond acceptors (Lipinski definition) is 3. The molecule has 12 rings (SSSR count). The number of fused-ring (bicyclic) bond motifs is 10. The molecule has 2 aliphatic rings. The largest absolute Gasteiger partial charge is 0.208 e. The van der Waals surface area contributed by atoms with E-state index < -0.39 is 13.5 Å². The summed E-state index contributed by atoms with van der Waals surface area (Å²) in [6.45, 7) is 7.24. The summed E-state index contributed by atoms with van der Waals surface area (Å²) in [5.41, 5.74) is 19.8. The Labute approximate surface area is 381 Å². The summed E-state index contributed by atoms with van der Waals surface area (Å²) in [4.78, 5) is 15.5. The number of hydrogen-bond donors (Lipinski definition) is 0. The zero-order valence-electron chi connectivity index (χ0n) is 36.6. The van der Waals surface area contributed by atoms with Crippen LogP contribution in [-0.2, 0) is 5.41 Å². The molecular formula is C61H45N3Si. The van der Waals surface area contributed by atoms with Crippen molar-refractivity contribution < 1.29 is 0 Å². The van der Waals surface area contributed by atoms with Gasteiger partial charge in [0.2, 0.25) is 0 Å². The molecule has 1 heterocycles. The van der Waals surface area contributed by atoms with Crippen LogP contribution in [0.25, 0.3) is 89.8 Å². The first kappa shape index (κ1) is 38.8. The molecule has 1 atom stereocenters. The highest BCUT2D eigenvalue weighted by molar-refractivity contribution is 6.88. The van der Waals surface area contributed by atoms with Gasteiger partial charge in [-0.1, -0.05) is 225 Å². The maximum Gasteiger partial charge on any atom is 0.164 e. The summed E-state index contributed by atoms with van der Waals surface area (Å²) >= 11 is 0. The third-order valence-electron chi connectivity index (χ3n) is 13.5. The van der Waals surface area contributed by atoms with Crippen LogP contribution in [0, 0.1) is 0 Å². The van der Waals surface area contributed by atoms with Crippen LogP contribution in [0.4, 0.5) is 0 Å². The zero-order valence-corrected chi connectivity index (χ0v) is 37.6. The minimum atomic E-state index is -1.44. The normalized spacial score (nSPS) is 14.4. The summed E-state index contributed by atoms with van der Waals surface area (Å²) in [5.74, 6) is 1.91. The van der Waals surface area contributed by atoms with Crippen molar-refractivity contribution in [3.63, 3.8) is 0 Å². The lowest BCUT2D eigenvalue weighted by atomic mass is 9.70. The van der Waals surface area contributed by atoms with Gasteiger partial charge in [0.1, 0.15) is 0 Å². The molecular weight excluding hydrogens is 803 g/mol. The van der Waals surface area contributed by atoms with Crippen LogP contribution < -0.4 is 5.19 Å². The summed E-state index contributed by atoms with van der Waals surface area (Å²) in [6.07, 6.45) is 0. The Morgan fingerprint density at radius 2 is 0.692 bits per heavy atom. The standard InChI is InChI=1S/C61H45N3Si/c1-65(2,3)47-33-29-40(30-34-47)44-31-35-51-49-24-12-14-27-54(49)61(56(51)38-44)55-28-15-13-25-50(55)52-36-32-45(39-57(52)61)43-21-16-22-46(37-43)59-62-58(42-19-8-5-9-20-42)63-60(64-59)53-26-11-10-23-48(53)41-17-6-4-7-18-41/h4-39H,1-3H3. The van der Waals surface area contributed by atoms with Crippen molar-refractivity contribution in [2.24, 2.45) is 0 Å². The summed E-state index contributed by atoms with van der Waals surface area (Å²) in [6, 6.07) is 79.5. The van der Waals surface area contributed by atoms with E-state index in [1.165, 1.54) is 60.8 Å². The SMILES string of the molecule is C[Si](C)(C)c1ccc(-c2ccc3c(c2)C2(c4ccccc4-3)c3ccccc3-c3ccc(-c4cccc(-c5nc(-c6ccccc6)nc(-c6ccccc6-c6ccccc6)n5)c4)cc32)cc1. The van der Waals surface area contributed by atoms with Crippen LogP contribution in [-0.4, -0.2) is 23.0 Å². The fourth-order valence-electron chi connectivity index (χ4n) is 10.4. The Kier molecular flexibility index (Phi) is 9.08. The lowest BCUT2D eigenvalue weighted by Gasteiger charge is -2.31. The first-order valence-corrected chi connectivity index (χ1v) is 26.0. The average Bonchev–Trinajstić information content (AvgIpc) is 3.83. The number of nitrogens with zero attached hydrogens (tertiary/aromatic N) is 3. The van der Waals surface area contributed by atoms with Crippen LogP contribution in [0.15, 0.2) is 218 Å². The fraction of sp³-hybridized carbons (Fsp3) is 0.0656. The van der Waals surface area contributed by atoms with Crippen molar-refractivity contribution in [3.05, 3.63) is 241 Å². The molecule has 0 fully saturated rings. The third kappa shape index (κ3) is 6.36. The summed E-state index contributed by atoms with van der Waals surface area (Å²) in [5, 5.41) is 1.47. The van der Waals surface area contributed by atoms with Gasteiger partial charge in [0.25, 0.3) is 0 Å². The highest BCUT2D eigenvalue weighted by Gasteiger charge is 2.51. The van der Waals surface area contributed by atoms with Gasteiger partial charge in [-0.3, -0.25) is 0 Å². The second-order valence-electron chi connectivity index (χ2n) is 18.4. The van der Waals surface area contributed by atoms with E-state index in [0.29, 0.717) is 17.5 Å². The van der Waals surface area contributed by atoms with Crippen LogP contribution in [0.5, 0.6) is 0 Å². The molecule has 0 bridgehead atoms. The highest BCUT2D eigenvalue weighted by Crippen LogP contribution is 2.63. The Hall–Kier alpha value is -7.79. The van der Waals surface area contributed by atoms with E-state index in [4.69, 9.17) is 15.0 Å². The van der Waals surface area contributed by atoms with Gasteiger partial charge in [0.05, 0.1) is 13.5 Å². The fourth-order valence-corrected chi connectivity index (χ4v) is 11.6. The smallest absolute Gasteiger partial charge is 0.164 e. The molecule has 3 nitrogen and oxygen atoms in total. The van der Waals surface area contributed by atoms with Crippen LogP contribution in [0.2, 0.25) is 19.6 Å². The van der Waals surface area contributed by atoms with Crippen molar-refractivity contribution >= 4 is 13.3 Å². The van der Waals surface area contributed by atoms with E-state index in [1.54, 1.807) is 0 Å². The molecule has 65 heavy (non-hydrogen) atoms. The molecule has 1 spiro atoms. The van der Waals surface area contributed by atoms with Crippen molar-refractivity contribution in [2.75, 3.05) is 0 Å². The topological polar surface area (TPSA) is 38.7 Å². The van der Waals surface area contributed by atoms with Gasteiger partial charge >= 0.3 is 0 Å². The summed E-state index contributed by atoms with van der Waals surface area (Å²) in [7, 11) is -1.44. The molecule has 0 radical (unpaired) electrons. The van der Waals surface area contributed by atoms with Crippen LogP contribution in [0.1, 0.15) is 22.3 Å². The first-order valence-electron chi connectivity index (χ1n) is 22.5. The van der Waals surface area contributed by atoms with Gasteiger partial charge in [-0.25, -0.2) is 15.0 Å². The lowest BCUT2D eigenvalue weighted by Crippen LogP contribution is -2.37. The van der Waals surface area contributed by atoms with Gasteiger partial charge in [0, 0.05) is 16.7 Å². The second-order valence-corrected chi connectivity index (χ2v) is 23.4. The molecule has 308 valence electrons. The predicted octanol–water partition coefficient (Wildman–Crippen LogP) is 14.8. The summed E-state index contributed by atoms with van der Waals surface area (Å²) < 4.78 is 0. The Bertz CT molecular complexity index is 3450. The maximum atomic E-state index is 5.24. The van der Waals surface area contributed by atoms with E-state index in [0.717, 1.165) is 38.9 Å². The van der Waals surface area contributed by atoms with Gasteiger partial charge in [0.15, 0.2) is 17.5 Å². The van der Waals surface area contributed by atoms with Gasteiger partial charge in [-0.05, 0) is 96.1 Å². The Balaban J connectivity index is 1.02. The number of benzene rings is 9. The lowest BCUT2D eigenvalue weighted by molar-refractivity contribution is 0.794. The third-order valence-corrected chi connectivity index (χ3v) is 15.6. The Morgan fingerprint density at radius 3 is 1.29 bits per heavy atom. The molecule has 9 aromatic carbocycles. The van der Waals surface area contributed by atoms with Crippen molar-refractivity contribution in [1.29, 1.82) is 0 Å². The Morgan fingerprint density at radius 1 is 0.277 bits per heavy atom. The molecule has 0 saturated heterocycles. The van der Waals surface area contributed by atoms with Crippen molar-refractivity contribution in [1.82, 2.24) is 15.0 Å². The van der Waals surface area contributed by atoms with Crippen molar-refractivity contribution in [2.45, 2.75) is 25.1 Å². The highest BCUT2D eigenvalue weighted by atomic mass is 28.3. The molecule has 1 aromatic heterocycles. The minimum Gasteiger partial charge on any atom is -0.208 e. The van der Waals surface area contributed by atoms with Crippen molar-refractivity contribution in [3.8, 4) is 89.8 Å². The molecule has 0 N–H and O–H groups in total. The first-order chi connectivity index (χ1) is 31.8. The average molecular weight is 848 g/mol. The van der Waals surface area contributed by atoms with Gasteiger partial charge < -0.3 is 0 Å². The molecule has 0 aliphatic heterocycles. The number of rotatable bonds is 7. The van der Waals surface area contributed by atoms with E-state index in [-0.39, 0.29) is 0 Å². The van der Waals surface area contributed by atoms with Gasteiger partial charge in [-0.15, -0.1) is 0 Å². The van der Waals surface area contributed by atoms with Gasteiger partial charge in [-0.2, -0.15) is 0 Å². The molecule has 1 unspecified atom stereocenters. The monoisotopic (exact) mass is 847 g/mol. The molecule has 0 saturated carbocycles. The maximum absolute atomic E-state index is 5.24. The quantitative estimate of drug-likeness (QED) is 0.150. The minimum absolute atomic E-state index is 0.487. The predicted molar refractivity (Wildman–Crippen MR) is 272 cm³/mol. The van der Waals surface area contributed by atoms with Crippen LogP contribution >= 0.6 is 0 Å². The van der Waals surface area contributed by atoms with E-state index in [1.807, 2.05) is 24.3 Å². The van der Waals surface area contributed by atoms with E-state index in [9.17, 15) is 0 Å². The number of aromatic nitrogens is 3. The molecule has 2 aliphatic carbocycles. The molecule has 0 amide bonds. The molecule has 4 heteroatoms. The van der Waals surface area contributed by atoms with E-state index in [2.05, 4.69) is 214 Å². The van der Waals surface area contributed by atoms with E-state index >= 15 is 0 Å².